The Kier molecular flexibility index (Phi) is 4.41. The van der Waals surface area contributed by atoms with E-state index < -0.39 is 0 Å². The van der Waals surface area contributed by atoms with Crippen LogP contribution in [0, 0.1) is 19.8 Å². The molecule has 21 heavy (non-hydrogen) atoms. The van der Waals surface area contributed by atoms with E-state index in [9.17, 15) is 4.79 Å². The number of hydrogen-bond acceptors (Lipinski definition) is 3. The molecule has 2 fully saturated rings. The topological polar surface area (TPSA) is 26.3 Å². The molecule has 2 nitrogen and oxygen atoms in total. The second-order valence-electron chi connectivity index (χ2n) is 6.57. The monoisotopic (exact) mass is 304 g/mol. The van der Waals surface area contributed by atoms with Gasteiger partial charge in [-0.25, -0.2) is 0 Å². The number of ether oxygens (including phenoxy) is 1. The predicted molar refractivity (Wildman–Crippen MR) is 88.2 cm³/mol. The first-order chi connectivity index (χ1) is 10.1. The Morgan fingerprint density at radius 3 is 2.52 bits per heavy atom. The van der Waals surface area contributed by atoms with Crippen LogP contribution < -0.4 is 0 Å². The highest BCUT2D eigenvalue weighted by Gasteiger charge is 2.41. The highest BCUT2D eigenvalue weighted by molar-refractivity contribution is 7.99. The first kappa shape index (κ1) is 15.1. The SMILES string of the molecule is Cc1cc(C)cc(C(=O)C2CCOC3(CCSCC3)C2)c1. The van der Waals surface area contributed by atoms with Crippen molar-refractivity contribution in [2.75, 3.05) is 18.1 Å². The molecule has 1 aromatic rings. The molecule has 1 atom stereocenters. The van der Waals surface area contributed by atoms with E-state index in [2.05, 4.69) is 19.9 Å². The van der Waals surface area contributed by atoms with Gasteiger partial charge in [0.25, 0.3) is 0 Å². The van der Waals surface area contributed by atoms with E-state index >= 15 is 0 Å². The maximum atomic E-state index is 12.9. The molecular formula is C18H24O2S. The van der Waals surface area contributed by atoms with E-state index in [0.717, 1.165) is 37.9 Å². The van der Waals surface area contributed by atoms with Crippen LogP contribution in [0.3, 0.4) is 0 Å². The van der Waals surface area contributed by atoms with Crippen molar-refractivity contribution in [2.24, 2.45) is 5.92 Å². The lowest BCUT2D eigenvalue weighted by Crippen LogP contribution is -2.44. The standard InChI is InChI=1S/C18H24O2S/c1-13-9-14(2)11-16(10-13)17(19)15-3-6-20-18(12-15)4-7-21-8-5-18/h9-11,15H,3-8,12H2,1-2H3. The lowest BCUT2D eigenvalue weighted by Gasteiger charge is -2.43. The van der Waals surface area contributed by atoms with Crippen molar-refractivity contribution in [3.63, 3.8) is 0 Å². The molecule has 2 aliphatic heterocycles. The summed E-state index contributed by atoms with van der Waals surface area (Å²) in [5.41, 5.74) is 3.23. The third-order valence-corrected chi connectivity index (χ3v) is 5.76. The molecule has 0 radical (unpaired) electrons. The van der Waals surface area contributed by atoms with Gasteiger partial charge in [0.05, 0.1) is 5.60 Å². The molecule has 1 unspecified atom stereocenters. The van der Waals surface area contributed by atoms with Gasteiger partial charge >= 0.3 is 0 Å². The molecule has 0 aromatic heterocycles. The number of carbonyl (C=O) groups excluding carboxylic acids is 1. The van der Waals surface area contributed by atoms with Crippen molar-refractivity contribution in [1.29, 1.82) is 0 Å². The van der Waals surface area contributed by atoms with Crippen LogP contribution in [0.5, 0.6) is 0 Å². The molecule has 2 heterocycles. The lowest BCUT2D eigenvalue weighted by molar-refractivity contribution is -0.0959. The molecule has 0 saturated carbocycles. The largest absolute Gasteiger partial charge is 0.375 e. The summed E-state index contributed by atoms with van der Waals surface area (Å²) in [5.74, 6) is 2.81. The fourth-order valence-electron chi connectivity index (χ4n) is 3.70. The van der Waals surface area contributed by atoms with Gasteiger partial charge < -0.3 is 4.74 Å². The van der Waals surface area contributed by atoms with E-state index in [1.807, 2.05) is 23.9 Å². The number of hydrogen-bond donors (Lipinski definition) is 0. The van der Waals surface area contributed by atoms with Gasteiger partial charge in [0, 0.05) is 18.1 Å². The van der Waals surface area contributed by atoms with E-state index in [1.165, 1.54) is 22.6 Å². The molecular weight excluding hydrogens is 280 g/mol. The minimum absolute atomic E-state index is 0.0112. The van der Waals surface area contributed by atoms with Crippen molar-refractivity contribution in [3.8, 4) is 0 Å². The second kappa shape index (κ2) is 6.13. The maximum absolute atomic E-state index is 12.9. The molecule has 0 aliphatic carbocycles. The average Bonchev–Trinajstić information content (AvgIpc) is 2.46. The molecule has 114 valence electrons. The molecule has 2 saturated heterocycles. The van der Waals surface area contributed by atoms with Crippen LogP contribution in [0.15, 0.2) is 18.2 Å². The van der Waals surface area contributed by atoms with Gasteiger partial charge in [-0.15, -0.1) is 0 Å². The molecule has 1 spiro atoms. The van der Waals surface area contributed by atoms with Crippen molar-refractivity contribution >= 4 is 17.5 Å². The molecule has 3 rings (SSSR count). The van der Waals surface area contributed by atoms with Crippen LogP contribution in [0.1, 0.15) is 47.2 Å². The quantitative estimate of drug-likeness (QED) is 0.767. The Bertz CT molecular complexity index is 506. The highest BCUT2D eigenvalue weighted by atomic mass is 32.2. The fourth-order valence-corrected chi connectivity index (χ4v) is 4.93. The van der Waals surface area contributed by atoms with E-state index in [0.29, 0.717) is 5.78 Å². The Morgan fingerprint density at radius 2 is 1.86 bits per heavy atom. The zero-order chi connectivity index (χ0) is 14.9. The van der Waals surface area contributed by atoms with Crippen molar-refractivity contribution < 1.29 is 9.53 Å². The molecule has 0 bridgehead atoms. The Balaban J connectivity index is 1.77. The fraction of sp³-hybridized carbons (Fsp3) is 0.611. The zero-order valence-electron chi connectivity index (χ0n) is 13.0. The predicted octanol–water partition coefficient (Wildman–Crippen LogP) is 4.18. The van der Waals surface area contributed by atoms with Crippen LogP contribution in [0.25, 0.3) is 0 Å². The van der Waals surface area contributed by atoms with Crippen LogP contribution in [-0.2, 0) is 4.74 Å². The number of rotatable bonds is 2. The summed E-state index contributed by atoms with van der Waals surface area (Å²) in [4.78, 5) is 12.9. The number of benzene rings is 1. The van der Waals surface area contributed by atoms with Gasteiger partial charge in [0.2, 0.25) is 0 Å². The van der Waals surface area contributed by atoms with E-state index in [1.54, 1.807) is 0 Å². The van der Waals surface area contributed by atoms with Crippen molar-refractivity contribution in [3.05, 3.63) is 34.9 Å². The molecule has 2 aliphatic rings. The van der Waals surface area contributed by atoms with E-state index in [4.69, 9.17) is 4.74 Å². The Hall–Kier alpha value is -0.800. The summed E-state index contributed by atoms with van der Waals surface area (Å²) in [6, 6.07) is 6.20. The van der Waals surface area contributed by atoms with Crippen LogP contribution >= 0.6 is 11.8 Å². The zero-order valence-corrected chi connectivity index (χ0v) is 13.8. The van der Waals surface area contributed by atoms with E-state index in [-0.39, 0.29) is 11.5 Å². The smallest absolute Gasteiger partial charge is 0.166 e. The van der Waals surface area contributed by atoms with Gasteiger partial charge in [0.1, 0.15) is 0 Å². The van der Waals surface area contributed by atoms with Crippen molar-refractivity contribution in [1.82, 2.24) is 0 Å². The molecule has 0 N–H and O–H groups in total. The van der Waals surface area contributed by atoms with Gasteiger partial charge in [-0.2, -0.15) is 11.8 Å². The third-order valence-electron chi connectivity index (χ3n) is 4.77. The Labute approximate surface area is 131 Å². The van der Waals surface area contributed by atoms with Gasteiger partial charge in [-0.3, -0.25) is 4.79 Å². The number of Topliss-reactive ketones (excluding diaryl/α,β-unsaturated/α-hetero) is 1. The third kappa shape index (κ3) is 3.35. The van der Waals surface area contributed by atoms with Crippen LogP contribution in [-0.4, -0.2) is 29.5 Å². The summed E-state index contributed by atoms with van der Waals surface area (Å²) in [5, 5.41) is 0. The minimum Gasteiger partial charge on any atom is -0.375 e. The van der Waals surface area contributed by atoms with Crippen LogP contribution in [0.4, 0.5) is 0 Å². The van der Waals surface area contributed by atoms with Crippen molar-refractivity contribution in [2.45, 2.75) is 45.1 Å². The van der Waals surface area contributed by atoms with Gasteiger partial charge in [0.15, 0.2) is 5.78 Å². The summed E-state index contributed by atoms with van der Waals surface area (Å²) < 4.78 is 6.10. The number of thioether (sulfide) groups is 1. The summed E-state index contributed by atoms with van der Waals surface area (Å²) in [6.07, 6.45) is 4.00. The first-order valence-corrected chi connectivity index (χ1v) is 9.08. The summed E-state index contributed by atoms with van der Waals surface area (Å²) in [7, 11) is 0. The molecule has 0 amide bonds. The summed E-state index contributed by atoms with van der Waals surface area (Å²) in [6.45, 7) is 4.87. The molecule has 3 heteroatoms. The average molecular weight is 304 g/mol. The molecule has 1 aromatic carbocycles. The highest BCUT2D eigenvalue weighted by Crippen LogP contribution is 2.40. The van der Waals surface area contributed by atoms with Crippen LogP contribution in [0.2, 0.25) is 0 Å². The lowest BCUT2D eigenvalue weighted by atomic mass is 9.78. The maximum Gasteiger partial charge on any atom is 0.166 e. The number of carbonyl (C=O) groups is 1. The normalized spacial score (nSPS) is 25.0. The van der Waals surface area contributed by atoms with Gasteiger partial charge in [-0.1, -0.05) is 17.2 Å². The summed E-state index contributed by atoms with van der Waals surface area (Å²) >= 11 is 2.01. The number of ketones is 1. The number of aryl methyl sites for hydroxylation is 2. The Morgan fingerprint density at radius 1 is 1.19 bits per heavy atom. The minimum atomic E-state index is -0.0112. The van der Waals surface area contributed by atoms with Gasteiger partial charge in [-0.05, 0) is 63.2 Å². The second-order valence-corrected chi connectivity index (χ2v) is 7.80. The first-order valence-electron chi connectivity index (χ1n) is 7.92.